The van der Waals surface area contributed by atoms with Gasteiger partial charge in [-0.05, 0) is 30.0 Å². The fraction of sp³-hybridized carbons (Fsp3) is 0.318. The second kappa shape index (κ2) is 7.24. The molecule has 1 saturated heterocycles. The maximum absolute atomic E-state index is 12.8. The average Bonchev–Trinajstić information content (AvgIpc) is 3.15. The Morgan fingerprint density at radius 1 is 1.00 bits per heavy atom. The van der Waals surface area contributed by atoms with Crippen LogP contribution in [0.5, 0.6) is 0 Å². The summed E-state index contributed by atoms with van der Waals surface area (Å²) in [6, 6.07) is 15.5. The van der Waals surface area contributed by atoms with Gasteiger partial charge in [0.1, 0.15) is 5.69 Å². The Labute approximate surface area is 168 Å². The number of amides is 2. The highest BCUT2D eigenvalue weighted by Crippen LogP contribution is 2.48. The molecule has 29 heavy (non-hydrogen) atoms. The fourth-order valence-corrected chi connectivity index (χ4v) is 4.05. The monoisotopic (exact) mass is 390 g/mol. The van der Waals surface area contributed by atoms with Crippen molar-refractivity contribution in [3.63, 3.8) is 0 Å². The quantitative estimate of drug-likeness (QED) is 0.743. The smallest absolute Gasteiger partial charge is 0.274 e. The van der Waals surface area contributed by atoms with Crippen LogP contribution >= 0.6 is 0 Å². The van der Waals surface area contributed by atoms with Crippen molar-refractivity contribution in [1.29, 1.82) is 0 Å². The van der Waals surface area contributed by atoms with Crippen molar-refractivity contribution in [2.75, 3.05) is 26.2 Å². The molecule has 0 spiro atoms. The molecule has 7 heteroatoms. The van der Waals surface area contributed by atoms with Crippen molar-refractivity contribution in [1.82, 2.24) is 20.0 Å². The summed E-state index contributed by atoms with van der Waals surface area (Å²) in [6.07, 6.45) is 2.50. The molecule has 0 radical (unpaired) electrons. The lowest BCUT2D eigenvalue weighted by atomic mass is 10.1. The van der Waals surface area contributed by atoms with Crippen LogP contribution in [0.1, 0.15) is 28.4 Å². The molecule has 0 unspecified atom stereocenters. The standard InChI is InChI=1S/C22H22N4O3/c27-21(17-13-16(17)15-5-2-1-3-6-15)25-8-10-26(11-9-25)22(28)19-14-18(23-24-19)20-7-4-12-29-20/h1-7,12,14,16-17H,8-11,13H2,(H,23,24)/t16-,17-/m0/s1. The van der Waals surface area contributed by atoms with E-state index in [1.54, 1.807) is 23.3 Å². The van der Waals surface area contributed by atoms with Gasteiger partial charge in [-0.15, -0.1) is 0 Å². The number of aromatic nitrogens is 2. The first-order valence-electron chi connectivity index (χ1n) is 9.93. The molecule has 1 aliphatic heterocycles. The minimum absolute atomic E-state index is 0.0850. The van der Waals surface area contributed by atoms with Gasteiger partial charge in [0.2, 0.25) is 5.91 Å². The highest BCUT2D eigenvalue weighted by molar-refractivity contribution is 5.93. The van der Waals surface area contributed by atoms with Gasteiger partial charge in [0, 0.05) is 38.2 Å². The summed E-state index contributed by atoms with van der Waals surface area (Å²) < 4.78 is 5.33. The van der Waals surface area contributed by atoms with E-state index in [1.807, 2.05) is 29.2 Å². The Balaban J connectivity index is 1.17. The molecule has 2 aliphatic rings. The number of piperazine rings is 1. The van der Waals surface area contributed by atoms with Crippen LogP contribution < -0.4 is 0 Å². The molecule has 1 N–H and O–H groups in total. The van der Waals surface area contributed by atoms with E-state index in [0.717, 1.165) is 6.42 Å². The number of hydrogen-bond acceptors (Lipinski definition) is 4. The van der Waals surface area contributed by atoms with Crippen LogP contribution in [0.15, 0.2) is 59.2 Å². The summed E-state index contributed by atoms with van der Waals surface area (Å²) >= 11 is 0. The molecule has 2 fully saturated rings. The number of carbonyl (C=O) groups is 2. The van der Waals surface area contributed by atoms with E-state index >= 15 is 0 Å². The summed E-state index contributed by atoms with van der Waals surface area (Å²) in [5, 5.41) is 6.97. The van der Waals surface area contributed by atoms with E-state index in [1.165, 1.54) is 5.56 Å². The largest absolute Gasteiger partial charge is 0.463 e. The number of aromatic amines is 1. The number of rotatable bonds is 4. The lowest BCUT2D eigenvalue weighted by Gasteiger charge is -2.34. The Morgan fingerprint density at radius 2 is 1.76 bits per heavy atom. The Hall–Kier alpha value is -3.35. The van der Waals surface area contributed by atoms with E-state index in [9.17, 15) is 9.59 Å². The normalized spacial score (nSPS) is 21.2. The molecule has 3 aromatic rings. The van der Waals surface area contributed by atoms with Crippen molar-refractivity contribution in [2.24, 2.45) is 5.92 Å². The number of carbonyl (C=O) groups excluding carboxylic acids is 2. The van der Waals surface area contributed by atoms with Crippen molar-refractivity contribution >= 4 is 11.8 Å². The van der Waals surface area contributed by atoms with Crippen molar-refractivity contribution < 1.29 is 14.0 Å². The minimum atomic E-state index is -0.125. The molecule has 1 saturated carbocycles. The van der Waals surface area contributed by atoms with Gasteiger partial charge in [-0.1, -0.05) is 30.3 Å². The molecule has 2 aromatic heterocycles. The Bertz CT molecular complexity index is 1000. The summed E-state index contributed by atoms with van der Waals surface area (Å²) in [5.41, 5.74) is 2.28. The molecule has 2 atom stereocenters. The lowest BCUT2D eigenvalue weighted by Crippen LogP contribution is -2.51. The van der Waals surface area contributed by atoms with E-state index in [0.29, 0.717) is 49.2 Å². The number of nitrogens with zero attached hydrogens (tertiary/aromatic N) is 3. The third kappa shape index (κ3) is 3.44. The summed E-state index contributed by atoms with van der Waals surface area (Å²) in [5.74, 6) is 1.16. The summed E-state index contributed by atoms with van der Waals surface area (Å²) in [7, 11) is 0. The third-order valence-electron chi connectivity index (χ3n) is 5.80. The van der Waals surface area contributed by atoms with Crippen molar-refractivity contribution in [3.8, 4) is 11.5 Å². The minimum Gasteiger partial charge on any atom is -0.463 e. The maximum atomic E-state index is 12.8. The lowest BCUT2D eigenvalue weighted by molar-refractivity contribution is -0.134. The van der Waals surface area contributed by atoms with Crippen LogP contribution in [0.3, 0.4) is 0 Å². The Kier molecular flexibility index (Phi) is 4.42. The number of H-pyrrole nitrogens is 1. The van der Waals surface area contributed by atoms with Gasteiger partial charge >= 0.3 is 0 Å². The number of benzene rings is 1. The molecule has 1 aromatic carbocycles. The second-order valence-corrected chi connectivity index (χ2v) is 7.62. The average molecular weight is 390 g/mol. The molecule has 2 amide bonds. The van der Waals surface area contributed by atoms with Crippen LogP contribution in [0.4, 0.5) is 0 Å². The van der Waals surface area contributed by atoms with E-state index < -0.39 is 0 Å². The second-order valence-electron chi connectivity index (χ2n) is 7.62. The first-order chi connectivity index (χ1) is 14.2. The summed E-state index contributed by atoms with van der Waals surface area (Å²) in [4.78, 5) is 29.2. The molecule has 5 rings (SSSR count). The topological polar surface area (TPSA) is 82.4 Å². The molecule has 0 bridgehead atoms. The zero-order valence-corrected chi connectivity index (χ0v) is 16.0. The zero-order valence-electron chi connectivity index (χ0n) is 16.0. The van der Waals surface area contributed by atoms with E-state index in [4.69, 9.17) is 4.42 Å². The Morgan fingerprint density at radius 3 is 2.48 bits per heavy atom. The first-order valence-corrected chi connectivity index (χ1v) is 9.93. The van der Waals surface area contributed by atoms with Crippen molar-refractivity contribution in [3.05, 3.63) is 66.1 Å². The molecule has 1 aliphatic carbocycles. The predicted octanol–water partition coefficient (Wildman–Crippen LogP) is 2.76. The van der Waals surface area contributed by atoms with Gasteiger partial charge in [0.05, 0.1) is 6.26 Å². The maximum Gasteiger partial charge on any atom is 0.274 e. The van der Waals surface area contributed by atoms with Gasteiger partial charge in [0.25, 0.3) is 5.91 Å². The zero-order chi connectivity index (χ0) is 19.8. The third-order valence-corrected chi connectivity index (χ3v) is 5.80. The number of furan rings is 1. The molecular formula is C22H22N4O3. The number of hydrogen-bond donors (Lipinski definition) is 1. The SMILES string of the molecule is O=C(c1cc(-c2ccco2)[nH]n1)N1CCN(C(=O)[C@H]2C[C@H]2c2ccccc2)CC1. The van der Waals surface area contributed by atoms with Gasteiger partial charge in [-0.2, -0.15) is 5.10 Å². The number of nitrogens with one attached hydrogen (secondary N) is 1. The van der Waals surface area contributed by atoms with Gasteiger partial charge < -0.3 is 14.2 Å². The fourth-order valence-electron chi connectivity index (χ4n) is 4.05. The van der Waals surface area contributed by atoms with Crippen LogP contribution in [0, 0.1) is 5.92 Å². The van der Waals surface area contributed by atoms with E-state index in [-0.39, 0.29) is 17.7 Å². The summed E-state index contributed by atoms with van der Waals surface area (Å²) in [6.45, 7) is 2.18. The van der Waals surface area contributed by atoms with Crippen LogP contribution in [0.25, 0.3) is 11.5 Å². The molecule has 7 nitrogen and oxygen atoms in total. The molecule has 3 heterocycles. The molecular weight excluding hydrogens is 368 g/mol. The van der Waals surface area contributed by atoms with Crippen LogP contribution in [0.2, 0.25) is 0 Å². The van der Waals surface area contributed by atoms with Gasteiger partial charge in [0.15, 0.2) is 11.5 Å². The van der Waals surface area contributed by atoms with E-state index in [2.05, 4.69) is 22.3 Å². The highest BCUT2D eigenvalue weighted by atomic mass is 16.3. The van der Waals surface area contributed by atoms with Crippen LogP contribution in [-0.4, -0.2) is 58.0 Å². The van der Waals surface area contributed by atoms with Crippen molar-refractivity contribution in [2.45, 2.75) is 12.3 Å². The van der Waals surface area contributed by atoms with Gasteiger partial charge in [-0.3, -0.25) is 14.7 Å². The predicted molar refractivity (Wildman–Crippen MR) is 106 cm³/mol. The van der Waals surface area contributed by atoms with Crippen LogP contribution in [-0.2, 0) is 4.79 Å². The highest BCUT2D eigenvalue weighted by Gasteiger charge is 2.46. The van der Waals surface area contributed by atoms with Gasteiger partial charge in [-0.25, -0.2) is 0 Å². The first kappa shape index (κ1) is 17.7. The molecule has 148 valence electrons.